The van der Waals surface area contributed by atoms with Gasteiger partial charge in [0.25, 0.3) is 0 Å². The average molecular weight is 88.4 g/mol. The fraction of sp³-hybridized carbons (Fsp3) is 1.00. The second-order valence-corrected chi connectivity index (χ2v) is 0.289. The van der Waals surface area contributed by atoms with E-state index in [0.29, 0.717) is 0 Å². The van der Waals surface area contributed by atoms with Gasteiger partial charge in [0, 0.05) is 0 Å². The molecule has 0 aliphatic carbocycles. The number of rotatable bonds is 0. The van der Waals surface area contributed by atoms with E-state index in [1.54, 1.807) is 6.92 Å². The SMILES string of the molecule is CC[O-].[F-].[Mg+2]. The van der Waals surface area contributed by atoms with Gasteiger partial charge in [0.05, 0.1) is 0 Å². The molecular weight excluding hydrogens is 83.3 g/mol. The first-order valence-electron chi connectivity index (χ1n) is 0.996. The molecule has 0 N–H and O–H groups in total. The first kappa shape index (κ1) is 17.4. The van der Waals surface area contributed by atoms with Crippen LogP contribution in [0.4, 0.5) is 0 Å². The smallest absolute Gasteiger partial charge is 1.00 e. The molecule has 0 saturated heterocycles. The third-order valence-corrected chi connectivity index (χ3v) is 0. The van der Waals surface area contributed by atoms with Crippen LogP contribution in [0.2, 0.25) is 0 Å². The minimum absolute atomic E-state index is 0. The van der Waals surface area contributed by atoms with Crippen molar-refractivity contribution in [2.75, 3.05) is 6.61 Å². The minimum Gasteiger partial charge on any atom is -1.00 e. The molecule has 0 aliphatic rings. The zero-order valence-corrected chi connectivity index (χ0v) is 4.61. The molecule has 1 nitrogen and oxygen atoms in total. The molecule has 0 rings (SSSR count). The van der Waals surface area contributed by atoms with Gasteiger partial charge in [-0.3, -0.25) is 0 Å². The molecule has 0 aromatic carbocycles. The van der Waals surface area contributed by atoms with Crippen LogP contribution in [-0.4, -0.2) is 29.7 Å². The maximum Gasteiger partial charge on any atom is 2.00 e. The Morgan fingerprint density at radius 3 is 1.60 bits per heavy atom. The maximum absolute atomic E-state index is 8.93. The average Bonchev–Trinajstić information content (AvgIpc) is 0.918. The van der Waals surface area contributed by atoms with Crippen LogP contribution in [0.25, 0.3) is 0 Å². The van der Waals surface area contributed by atoms with E-state index in [1.807, 2.05) is 0 Å². The Balaban J connectivity index is -0.0000000200. The van der Waals surface area contributed by atoms with Gasteiger partial charge in [-0.25, -0.2) is 0 Å². The number of hydrogen-bond donors (Lipinski definition) is 0. The summed E-state index contributed by atoms with van der Waals surface area (Å²) in [7, 11) is 0. The molecule has 28 valence electrons. The van der Waals surface area contributed by atoms with Gasteiger partial charge in [-0.05, 0) is 0 Å². The molecule has 0 unspecified atom stereocenters. The number of hydrogen-bond acceptors (Lipinski definition) is 1. The normalized spacial score (nSPS) is 3.60. The summed E-state index contributed by atoms with van der Waals surface area (Å²) in [5.41, 5.74) is 0. The molecular formula is C2H5FMgO. The van der Waals surface area contributed by atoms with Crippen LogP contribution in [0.1, 0.15) is 6.92 Å². The van der Waals surface area contributed by atoms with E-state index >= 15 is 0 Å². The Morgan fingerprint density at radius 1 is 1.60 bits per heavy atom. The molecule has 0 aromatic heterocycles. The van der Waals surface area contributed by atoms with Crippen LogP contribution in [0.3, 0.4) is 0 Å². The zero-order chi connectivity index (χ0) is 2.71. The summed E-state index contributed by atoms with van der Waals surface area (Å²) in [6.45, 7) is 1.57. The predicted octanol–water partition coefficient (Wildman–Crippen LogP) is -4.01. The molecule has 0 heterocycles. The van der Waals surface area contributed by atoms with E-state index < -0.39 is 0 Å². The second-order valence-electron chi connectivity index (χ2n) is 0.289. The van der Waals surface area contributed by atoms with Crippen LogP contribution < -0.4 is 9.81 Å². The Morgan fingerprint density at radius 2 is 1.60 bits per heavy atom. The quantitative estimate of drug-likeness (QED) is 0.277. The van der Waals surface area contributed by atoms with E-state index in [4.69, 9.17) is 5.11 Å². The van der Waals surface area contributed by atoms with E-state index in [2.05, 4.69) is 0 Å². The molecule has 5 heavy (non-hydrogen) atoms. The summed E-state index contributed by atoms with van der Waals surface area (Å²) < 4.78 is 0. The standard InChI is InChI=1S/C2H5O.FH.Mg/c1-2-3;;/h2H2,1H3;1H;/q-1;;+2/p-1. The molecule has 0 bridgehead atoms. The van der Waals surface area contributed by atoms with Crippen molar-refractivity contribution in [1.29, 1.82) is 0 Å². The Kier molecular flexibility index (Phi) is 78.9. The molecule has 0 aliphatic heterocycles. The summed E-state index contributed by atoms with van der Waals surface area (Å²) in [6, 6.07) is 0. The summed E-state index contributed by atoms with van der Waals surface area (Å²) in [5.74, 6) is 0. The van der Waals surface area contributed by atoms with Gasteiger partial charge in [-0.2, -0.15) is 0 Å². The van der Waals surface area contributed by atoms with E-state index in [-0.39, 0.29) is 34.4 Å². The van der Waals surface area contributed by atoms with Gasteiger partial charge in [-0.15, -0.1) is 6.61 Å². The number of halogens is 1. The van der Waals surface area contributed by atoms with E-state index in [0.717, 1.165) is 0 Å². The Bertz CT molecular complexity index is 9.61. The third kappa shape index (κ3) is 76.3. The molecule has 0 amide bonds. The molecule has 3 heteroatoms. The van der Waals surface area contributed by atoms with Gasteiger partial charge >= 0.3 is 23.1 Å². The van der Waals surface area contributed by atoms with Crippen LogP contribution in [-0.2, 0) is 0 Å². The van der Waals surface area contributed by atoms with Crippen molar-refractivity contribution in [1.82, 2.24) is 0 Å². The summed E-state index contributed by atoms with van der Waals surface area (Å²) >= 11 is 0. The van der Waals surface area contributed by atoms with Crippen molar-refractivity contribution in [3.8, 4) is 0 Å². The van der Waals surface area contributed by atoms with Crippen molar-refractivity contribution < 1.29 is 9.81 Å². The Hall–Kier alpha value is 0.656. The fourth-order valence-corrected chi connectivity index (χ4v) is 0. The maximum atomic E-state index is 8.93. The van der Waals surface area contributed by atoms with Crippen LogP contribution in [0.5, 0.6) is 0 Å². The van der Waals surface area contributed by atoms with Crippen molar-refractivity contribution in [3.05, 3.63) is 0 Å². The van der Waals surface area contributed by atoms with E-state index in [1.165, 1.54) is 0 Å². The molecule has 0 atom stereocenters. The molecule has 0 radical (unpaired) electrons. The third-order valence-electron chi connectivity index (χ3n) is 0. The Labute approximate surface area is 46.9 Å². The van der Waals surface area contributed by atoms with Gasteiger partial charge in [-0.1, -0.05) is 6.92 Å². The van der Waals surface area contributed by atoms with Crippen molar-refractivity contribution in [2.45, 2.75) is 6.92 Å². The molecule has 0 aromatic rings. The summed E-state index contributed by atoms with van der Waals surface area (Å²) in [6.07, 6.45) is 0. The van der Waals surface area contributed by atoms with Gasteiger partial charge in [0.1, 0.15) is 0 Å². The van der Waals surface area contributed by atoms with Gasteiger partial charge in [0.15, 0.2) is 0 Å². The van der Waals surface area contributed by atoms with E-state index in [9.17, 15) is 0 Å². The topological polar surface area (TPSA) is 23.1 Å². The first-order valence-corrected chi connectivity index (χ1v) is 0.996. The predicted molar refractivity (Wildman–Crippen MR) is 16.3 cm³/mol. The van der Waals surface area contributed by atoms with Crippen LogP contribution in [0.15, 0.2) is 0 Å². The monoisotopic (exact) mass is 88.0 g/mol. The minimum atomic E-state index is 0. The molecule has 0 saturated carbocycles. The van der Waals surface area contributed by atoms with Gasteiger partial charge in [0.2, 0.25) is 0 Å². The van der Waals surface area contributed by atoms with Crippen molar-refractivity contribution in [3.63, 3.8) is 0 Å². The van der Waals surface area contributed by atoms with Crippen molar-refractivity contribution in [2.24, 2.45) is 0 Å². The zero-order valence-electron chi connectivity index (χ0n) is 3.20. The molecule has 0 fully saturated rings. The second kappa shape index (κ2) is 22.7. The van der Waals surface area contributed by atoms with Gasteiger partial charge < -0.3 is 9.81 Å². The summed E-state index contributed by atoms with van der Waals surface area (Å²) in [4.78, 5) is 0. The van der Waals surface area contributed by atoms with Crippen LogP contribution >= 0.6 is 0 Å². The fourth-order valence-electron chi connectivity index (χ4n) is 0. The van der Waals surface area contributed by atoms with Crippen LogP contribution in [0, 0.1) is 0 Å². The largest absolute Gasteiger partial charge is 2.00 e. The first-order chi connectivity index (χ1) is 1.41. The van der Waals surface area contributed by atoms with Crippen molar-refractivity contribution >= 4 is 23.1 Å². The summed E-state index contributed by atoms with van der Waals surface area (Å²) in [5, 5.41) is 8.93. The molecule has 0 spiro atoms.